The van der Waals surface area contributed by atoms with Crippen molar-refractivity contribution < 1.29 is 0 Å². The molecule has 2 N–H and O–H groups in total. The van der Waals surface area contributed by atoms with E-state index in [0.29, 0.717) is 11.6 Å². The second-order valence-corrected chi connectivity index (χ2v) is 4.80. The maximum atomic E-state index is 5.89. The Morgan fingerprint density at radius 1 is 1.31 bits per heavy atom. The normalized spacial score (nSPS) is 11.0. The van der Waals surface area contributed by atoms with Gasteiger partial charge in [0.15, 0.2) is 5.82 Å². The lowest BCUT2D eigenvalue weighted by Crippen LogP contribution is -2.06. The maximum Gasteiger partial charge on any atom is 0.153 e. The number of hydrogen-bond donors (Lipinski definition) is 1. The number of hydrogen-bond acceptors (Lipinski definition) is 3. The molecule has 0 aliphatic carbocycles. The summed E-state index contributed by atoms with van der Waals surface area (Å²) in [7, 11) is 0. The second-order valence-electron chi connectivity index (χ2n) is 3.89. The van der Waals surface area contributed by atoms with E-state index in [1.54, 1.807) is 17.1 Å². The van der Waals surface area contributed by atoms with Crippen LogP contribution in [0.5, 0.6) is 0 Å². The van der Waals surface area contributed by atoms with Gasteiger partial charge in [-0.3, -0.25) is 0 Å². The Morgan fingerprint density at radius 2 is 2.06 bits per heavy atom. The van der Waals surface area contributed by atoms with Gasteiger partial charge in [0.2, 0.25) is 0 Å². The summed E-state index contributed by atoms with van der Waals surface area (Å²) in [5.41, 5.74) is 7.59. The summed E-state index contributed by atoms with van der Waals surface area (Å²) in [4.78, 5) is 4.30. The quantitative estimate of drug-likeness (QED) is 0.920. The average Bonchev–Trinajstić information content (AvgIpc) is 2.61. The van der Waals surface area contributed by atoms with Gasteiger partial charge in [-0.25, -0.2) is 9.67 Å². The summed E-state index contributed by atoms with van der Waals surface area (Å²) in [5.74, 6) is 1.09. The van der Waals surface area contributed by atoms with E-state index >= 15 is 0 Å². The fourth-order valence-corrected chi connectivity index (χ4v) is 1.86. The monoisotopic (exact) mass is 280 g/mol. The molecule has 16 heavy (non-hydrogen) atoms. The zero-order valence-corrected chi connectivity index (χ0v) is 10.8. The summed E-state index contributed by atoms with van der Waals surface area (Å²) in [5, 5.41) is 4.25. The van der Waals surface area contributed by atoms with Crippen molar-refractivity contribution in [3.63, 3.8) is 0 Å². The Morgan fingerprint density at radius 3 is 2.62 bits per heavy atom. The Labute approximate surface area is 103 Å². The van der Waals surface area contributed by atoms with Gasteiger partial charge < -0.3 is 5.73 Å². The third kappa shape index (κ3) is 1.95. The standard InChI is InChI=1S/C11H13BrN4/c1-7(2)11-9(13)6-15-16(11)10-4-3-8(12)5-14-10/h3-7H,13H2,1-2H3. The predicted octanol–water partition coefficient (Wildman–Crippen LogP) is 2.74. The lowest BCUT2D eigenvalue weighted by molar-refractivity contribution is 0.722. The number of rotatable bonds is 2. The third-order valence-electron chi connectivity index (χ3n) is 2.31. The molecule has 2 rings (SSSR count). The molecule has 0 unspecified atom stereocenters. The molecule has 0 amide bonds. The molecule has 84 valence electrons. The van der Waals surface area contributed by atoms with E-state index in [0.717, 1.165) is 16.0 Å². The number of nitrogens with two attached hydrogens (primary N) is 1. The molecule has 2 heterocycles. The minimum atomic E-state index is 0.313. The Bertz CT molecular complexity index is 487. The van der Waals surface area contributed by atoms with E-state index in [4.69, 9.17) is 5.73 Å². The number of nitrogen functional groups attached to an aromatic ring is 1. The van der Waals surface area contributed by atoms with Crippen LogP contribution in [-0.2, 0) is 0 Å². The van der Waals surface area contributed by atoms with Crippen molar-refractivity contribution >= 4 is 21.6 Å². The van der Waals surface area contributed by atoms with Crippen LogP contribution >= 0.6 is 15.9 Å². The largest absolute Gasteiger partial charge is 0.396 e. The molecule has 5 heteroatoms. The van der Waals surface area contributed by atoms with Gasteiger partial charge in [0, 0.05) is 10.7 Å². The van der Waals surface area contributed by atoms with Crippen LogP contribution in [0, 0.1) is 0 Å². The summed E-state index contributed by atoms with van der Waals surface area (Å²) < 4.78 is 2.73. The van der Waals surface area contributed by atoms with Crippen molar-refractivity contribution in [1.29, 1.82) is 0 Å². The molecule has 0 aliphatic heterocycles. The molecule has 0 aromatic carbocycles. The van der Waals surface area contributed by atoms with E-state index in [-0.39, 0.29) is 0 Å². The highest BCUT2D eigenvalue weighted by molar-refractivity contribution is 9.10. The number of halogens is 1. The van der Waals surface area contributed by atoms with E-state index in [2.05, 4.69) is 39.9 Å². The Balaban J connectivity index is 2.52. The Kier molecular flexibility index (Phi) is 2.96. The highest BCUT2D eigenvalue weighted by atomic mass is 79.9. The van der Waals surface area contributed by atoms with Crippen LogP contribution in [0.25, 0.3) is 5.82 Å². The van der Waals surface area contributed by atoms with Gasteiger partial charge in [-0.1, -0.05) is 13.8 Å². The van der Waals surface area contributed by atoms with E-state index in [1.807, 2.05) is 12.1 Å². The van der Waals surface area contributed by atoms with E-state index in [9.17, 15) is 0 Å². The molecule has 0 radical (unpaired) electrons. The first-order valence-electron chi connectivity index (χ1n) is 5.05. The SMILES string of the molecule is CC(C)c1c(N)cnn1-c1ccc(Br)cn1. The zero-order chi connectivity index (χ0) is 11.7. The average molecular weight is 281 g/mol. The van der Waals surface area contributed by atoms with E-state index < -0.39 is 0 Å². The lowest BCUT2D eigenvalue weighted by atomic mass is 10.1. The maximum absolute atomic E-state index is 5.89. The van der Waals surface area contributed by atoms with Gasteiger partial charge in [0.1, 0.15) is 0 Å². The predicted molar refractivity (Wildman–Crippen MR) is 67.6 cm³/mol. The fraction of sp³-hybridized carbons (Fsp3) is 0.273. The molecule has 2 aromatic heterocycles. The fourth-order valence-electron chi connectivity index (χ4n) is 1.62. The summed E-state index contributed by atoms with van der Waals surface area (Å²) >= 11 is 3.35. The molecule has 4 nitrogen and oxygen atoms in total. The van der Waals surface area contributed by atoms with Gasteiger partial charge in [0.05, 0.1) is 17.6 Å². The summed E-state index contributed by atoms with van der Waals surface area (Å²) in [6.45, 7) is 4.17. The first kappa shape index (κ1) is 11.1. The smallest absolute Gasteiger partial charge is 0.153 e. The highest BCUT2D eigenvalue weighted by Gasteiger charge is 2.13. The minimum absolute atomic E-state index is 0.313. The molecule has 0 aliphatic rings. The first-order chi connectivity index (χ1) is 7.59. The van der Waals surface area contributed by atoms with Gasteiger partial charge >= 0.3 is 0 Å². The highest BCUT2D eigenvalue weighted by Crippen LogP contribution is 2.23. The van der Waals surface area contributed by atoms with Crippen LogP contribution in [0.1, 0.15) is 25.5 Å². The van der Waals surface area contributed by atoms with Crippen molar-refractivity contribution in [3.05, 3.63) is 34.7 Å². The molecule has 0 fully saturated rings. The van der Waals surface area contributed by atoms with E-state index in [1.165, 1.54) is 0 Å². The minimum Gasteiger partial charge on any atom is -0.396 e. The van der Waals surface area contributed by atoms with Crippen molar-refractivity contribution in [2.24, 2.45) is 0 Å². The third-order valence-corrected chi connectivity index (χ3v) is 2.78. The first-order valence-corrected chi connectivity index (χ1v) is 5.84. The molecule has 0 spiro atoms. The number of anilines is 1. The van der Waals surface area contributed by atoms with Crippen LogP contribution in [0.4, 0.5) is 5.69 Å². The number of aromatic nitrogens is 3. The van der Waals surface area contributed by atoms with Crippen LogP contribution in [-0.4, -0.2) is 14.8 Å². The molecule has 0 saturated heterocycles. The van der Waals surface area contributed by atoms with Crippen LogP contribution in [0.15, 0.2) is 29.0 Å². The van der Waals surface area contributed by atoms with Crippen molar-refractivity contribution in [2.45, 2.75) is 19.8 Å². The van der Waals surface area contributed by atoms with Crippen molar-refractivity contribution in [1.82, 2.24) is 14.8 Å². The molecule has 0 saturated carbocycles. The van der Waals surface area contributed by atoms with Crippen LogP contribution < -0.4 is 5.73 Å². The lowest BCUT2D eigenvalue weighted by Gasteiger charge is -2.10. The number of pyridine rings is 1. The van der Waals surface area contributed by atoms with Gasteiger partial charge in [-0.2, -0.15) is 5.10 Å². The number of nitrogens with zero attached hydrogens (tertiary/aromatic N) is 3. The molecular weight excluding hydrogens is 268 g/mol. The molecule has 0 bridgehead atoms. The summed E-state index contributed by atoms with van der Waals surface area (Å²) in [6.07, 6.45) is 3.41. The Hall–Kier alpha value is -1.36. The molecule has 0 atom stereocenters. The van der Waals surface area contributed by atoms with Gasteiger partial charge in [0.25, 0.3) is 0 Å². The molecule has 2 aromatic rings. The van der Waals surface area contributed by atoms with Crippen molar-refractivity contribution in [2.75, 3.05) is 5.73 Å². The topological polar surface area (TPSA) is 56.7 Å². The van der Waals surface area contributed by atoms with Gasteiger partial charge in [-0.15, -0.1) is 0 Å². The second kappa shape index (κ2) is 4.25. The van der Waals surface area contributed by atoms with Crippen LogP contribution in [0.2, 0.25) is 0 Å². The van der Waals surface area contributed by atoms with Crippen LogP contribution in [0.3, 0.4) is 0 Å². The van der Waals surface area contributed by atoms with Gasteiger partial charge in [-0.05, 0) is 34.0 Å². The zero-order valence-electron chi connectivity index (χ0n) is 9.18. The summed E-state index contributed by atoms with van der Waals surface area (Å²) in [6, 6.07) is 3.84. The molecular formula is C11H13BrN4. The van der Waals surface area contributed by atoms with Crippen molar-refractivity contribution in [3.8, 4) is 5.82 Å².